The van der Waals surface area contributed by atoms with Crippen molar-refractivity contribution in [3.05, 3.63) is 29.8 Å². The lowest BCUT2D eigenvalue weighted by Crippen LogP contribution is -2.41. The molecule has 1 aromatic rings. The Morgan fingerprint density at radius 3 is 2.69 bits per heavy atom. The SMILES string of the molecule is CCNC(=NCCCOCC1CCOC1)NCCNC(=O)c1ccc(O)cc1.I. The van der Waals surface area contributed by atoms with E-state index in [1.807, 2.05) is 6.92 Å². The lowest BCUT2D eigenvalue weighted by molar-refractivity contribution is 0.0893. The molecule has 0 spiro atoms. The normalized spacial score (nSPS) is 16.2. The van der Waals surface area contributed by atoms with Crippen molar-refractivity contribution in [2.75, 3.05) is 52.6 Å². The third-order valence-corrected chi connectivity index (χ3v) is 4.27. The van der Waals surface area contributed by atoms with Crippen molar-refractivity contribution in [1.82, 2.24) is 16.0 Å². The minimum Gasteiger partial charge on any atom is -0.508 e. The molecule has 0 radical (unpaired) electrons. The summed E-state index contributed by atoms with van der Waals surface area (Å²) in [7, 11) is 0. The third kappa shape index (κ3) is 10.7. The summed E-state index contributed by atoms with van der Waals surface area (Å²) < 4.78 is 11.0. The molecule has 1 saturated heterocycles. The number of guanidine groups is 1. The number of nitrogens with one attached hydrogen (secondary N) is 3. The quantitative estimate of drug-likeness (QED) is 0.154. The van der Waals surface area contributed by atoms with Gasteiger partial charge in [0, 0.05) is 50.9 Å². The predicted molar refractivity (Wildman–Crippen MR) is 124 cm³/mol. The van der Waals surface area contributed by atoms with Crippen LogP contribution in [0.5, 0.6) is 5.75 Å². The molecular weight excluding hydrogens is 487 g/mol. The number of nitrogens with zero attached hydrogens (tertiary/aromatic N) is 1. The number of carbonyl (C=O) groups is 1. The number of carbonyl (C=O) groups excluding carboxylic acids is 1. The van der Waals surface area contributed by atoms with Crippen LogP contribution in [0.3, 0.4) is 0 Å². The van der Waals surface area contributed by atoms with E-state index >= 15 is 0 Å². The van der Waals surface area contributed by atoms with Crippen LogP contribution in [0, 0.1) is 5.92 Å². The molecular formula is C20H33IN4O4. The van der Waals surface area contributed by atoms with Crippen LogP contribution in [0.25, 0.3) is 0 Å². The summed E-state index contributed by atoms with van der Waals surface area (Å²) in [6.07, 6.45) is 1.96. The second kappa shape index (κ2) is 15.3. The summed E-state index contributed by atoms with van der Waals surface area (Å²) in [6.45, 7) is 7.62. The van der Waals surface area contributed by atoms with Crippen LogP contribution >= 0.6 is 24.0 Å². The van der Waals surface area contributed by atoms with Crippen molar-refractivity contribution in [2.24, 2.45) is 10.9 Å². The van der Waals surface area contributed by atoms with E-state index in [-0.39, 0.29) is 35.6 Å². The largest absolute Gasteiger partial charge is 0.508 e. The van der Waals surface area contributed by atoms with E-state index < -0.39 is 0 Å². The first kappa shape index (κ1) is 25.4. The highest BCUT2D eigenvalue weighted by atomic mass is 127. The van der Waals surface area contributed by atoms with Crippen molar-refractivity contribution >= 4 is 35.8 Å². The summed E-state index contributed by atoms with van der Waals surface area (Å²) in [4.78, 5) is 16.5. The zero-order valence-corrected chi connectivity index (χ0v) is 19.3. The number of phenolic OH excluding ortho intramolecular Hbond substituents is 1. The van der Waals surface area contributed by atoms with E-state index in [0.29, 0.717) is 37.7 Å². The first-order valence-electron chi connectivity index (χ1n) is 9.94. The Bertz CT molecular complexity index is 607. The minimum absolute atomic E-state index is 0. The Balaban J connectivity index is 0.00000420. The van der Waals surface area contributed by atoms with Crippen LogP contribution in [0.4, 0.5) is 0 Å². The molecule has 0 aliphatic carbocycles. The Morgan fingerprint density at radius 2 is 2.00 bits per heavy atom. The van der Waals surface area contributed by atoms with Crippen LogP contribution in [-0.2, 0) is 9.47 Å². The molecule has 9 heteroatoms. The average molecular weight is 520 g/mol. The van der Waals surface area contributed by atoms with E-state index in [1.165, 1.54) is 12.1 Å². The summed E-state index contributed by atoms with van der Waals surface area (Å²) in [5.41, 5.74) is 0.516. The van der Waals surface area contributed by atoms with Crippen molar-refractivity contribution in [1.29, 1.82) is 0 Å². The van der Waals surface area contributed by atoms with Gasteiger partial charge in [0.15, 0.2) is 5.96 Å². The maximum atomic E-state index is 12.0. The van der Waals surface area contributed by atoms with Gasteiger partial charge in [-0.25, -0.2) is 0 Å². The van der Waals surface area contributed by atoms with Gasteiger partial charge in [-0.15, -0.1) is 24.0 Å². The smallest absolute Gasteiger partial charge is 0.251 e. The molecule has 0 saturated carbocycles. The predicted octanol–water partition coefficient (Wildman–Crippen LogP) is 1.74. The second-order valence-electron chi connectivity index (χ2n) is 6.65. The van der Waals surface area contributed by atoms with Gasteiger partial charge < -0.3 is 30.5 Å². The summed E-state index contributed by atoms with van der Waals surface area (Å²) in [5.74, 6) is 1.24. The van der Waals surface area contributed by atoms with E-state index in [1.54, 1.807) is 12.1 Å². The highest BCUT2D eigenvalue weighted by molar-refractivity contribution is 14.0. The fraction of sp³-hybridized carbons (Fsp3) is 0.600. The van der Waals surface area contributed by atoms with Crippen molar-refractivity contribution in [2.45, 2.75) is 19.8 Å². The van der Waals surface area contributed by atoms with Gasteiger partial charge in [0.05, 0.1) is 13.2 Å². The molecule has 0 bridgehead atoms. The second-order valence-corrected chi connectivity index (χ2v) is 6.65. The number of phenols is 1. The van der Waals surface area contributed by atoms with Crippen molar-refractivity contribution < 1.29 is 19.4 Å². The molecule has 4 N–H and O–H groups in total. The maximum Gasteiger partial charge on any atom is 0.251 e. The summed E-state index contributed by atoms with van der Waals surface area (Å²) in [5, 5.41) is 18.5. The molecule has 164 valence electrons. The molecule has 1 fully saturated rings. The standard InChI is InChI=1S/C20H32N4O4.HI/c1-2-21-20(23-9-3-12-27-14-16-8-13-28-15-16)24-11-10-22-19(26)17-4-6-18(25)7-5-17;/h4-7,16,25H,2-3,8-15H2,1H3,(H,22,26)(H2,21,23,24);1H. The van der Waals surface area contributed by atoms with Gasteiger partial charge in [0.25, 0.3) is 5.91 Å². The number of ether oxygens (including phenoxy) is 2. The molecule has 1 atom stereocenters. The van der Waals surface area contributed by atoms with Gasteiger partial charge in [-0.1, -0.05) is 0 Å². The monoisotopic (exact) mass is 520 g/mol. The van der Waals surface area contributed by atoms with Crippen LogP contribution in [0.1, 0.15) is 30.1 Å². The number of benzene rings is 1. The molecule has 29 heavy (non-hydrogen) atoms. The number of halogens is 1. The highest BCUT2D eigenvalue weighted by Crippen LogP contribution is 2.12. The Kier molecular flexibility index (Phi) is 13.4. The van der Waals surface area contributed by atoms with Crippen LogP contribution in [0.2, 0.25) is 0 Å². The van der Waals surface area contributed by atoms with Gasteiger partial charge >= 0.3 is 0 Å². The number of aliphatic imine (C=N–C) groups is 1. The molecule has 1 aromatic carbocycles. The molecule has 1 unspecified atom stereocenters. The number of hydrogen-bond acceptors (Lipinski definition) is 5. The third-order valence-electron chi connectivity index (χ3n) is 4.27. The molecule has 1 amide bonds. The van der Waals surface area contributed by atoms with Gasteiger partial charge in [-0.3, -0.25) is 9.79 Å². The van der Waals surface area contributed by atoms with Crippen molar-refractivity contribution in [3.63, 3.8) is 0 Å². The topological polar surface area (TPSA) is 104 Å². The fourth-order valence-corrected chi connectivity index (χ4v) is 2.74. The summed E-state index contributed by atoms with van der Waals surface area (Å²) >= 11 is 0. The van der Waals surface area contributed by atoms with E-state index in [2.05, 4.69) is 20.9 Å². The minimum atomic E-state index is -0.173. The Labute approximate surface area is 189 Å². The van der Waals surface area contributed by atoms with Gasteiger partial charge in [-0.05, 0) is 44.0 Å². The summed E-state index contributed by atoms with van der Waals surface area (Å²) in [6, 6.07) is 6.17. The Morgan fingerprint density at radius 1 is 1.24 bits per heavy atom. The first-order chi connectivity index (χ1) is 13.7. The molecule has 0 aromatic heterocycles. The average Bonchev–Trinajstić information content (AvgIpc) is 3.21. The fourth-order valence-electron chi connectivity index (χ4n) is 2.74. The lowest BCUT2D eigenvalue weighted by atomic mass is 10.1. The van der Waals surface area contributed by atoms with Crippen LogP contribution < -0.4 is 16.0 Å². The first-order valence-corrected chi connectivity index (χ1v) is 9.94. The number of aromatic hydroxyl groups is 1. The van der Waals surface area contributed by atoms with Crippen LogP contribution in [0.15, 0.2) is 29.3 Å². The molecule has 1 heterocycles. The van der Waals surface area contributed by atoms with E-state index in [0.717, 1.165) is 45.2 Å². The van der Waals surface area contributed by atoms with Crippen molar-refractivity contribution in [3.8, 4) is 5.75 Å². The Hall–Kier alpha value is -1.59. The lowest BCUT2D eigenvalue weighted by Gasteiger charge is -2.12. The molecule has 8 nitrogen and oxygen atoms in total. The highest BCUT2D eigenvalue weighted by Gasteiger charge is 2.15. The zero-order chi connectivity index (χ0) is 20.0. The van der Waals surface area contributed by atoms with Gasteiger partial charge in [0.1, 0.15) is 5.75 Å². The zero-order valence-electron chi connectivity index (χ0n) is 17.0. The number of amides is 1. The maximum absolute atomic E-state index is 12.0. The van der Waals surface area contributed by atoms with Gasteiger partial charge in [-0.2, -0.15) is 0 Å². The number of rotatable bonds is 11. The number of hydrogen-bond donors (Lipinski definition) is 4. The van der Waals surface area contributed by atoms with E-state index in [4.69, 9.17) is 9.47 Å². The van der Waals surface area contributed by atoms with Crippen LogP contribution in [-0.4, -0.2) is 69.6 Å². The van der Waals surface area contributed by atoms with E-state index in [9.17, 15) is 9.90 Å². The van der Waals surface area contributed by atoms with Gasteiger partial charge in [0.2, 0.25) is 0 Å². The molecule has 1 aliphatic rings. The molecule has 1 aliphatic heterocycles. The molecule has 2 rings (SSSR count).